The monoisotopic (exact) mass is 186 g/mol. The molecule has 76 valence electrons. The van der Waals surface area contributed by atoms with Crippen molar-refractivity contribution in [3.05, 3.63) is 0 Å². The van der Waals surface area contributed by atoms with Gasteiger partial charge in [0.2, 0.25) is 0 Å². The minimum absolute atomic E-state index is 0.0683. The van der Waals surface area contributed by atoms with Crippen molar-refractivity contribution in [3.8, 4) is 0 Å². The quantitative estimate of drug-likeness (QED) is 0.628. The van der Waals surface area contributed by atoms with E-state index >= 15 is 0 Å². The first-order valence-corrected chi connectivity index (χ1v) is 4.97. The molecule has 2 atom stereocenters. The van der Waals surface area contributed by atoms with Gasteiger partial charge in [0, 0.05) is 19.6 Å². The summed E-state index contributed by atoms with van der Waals surface area (Å²) in [6, 6.07) is 0. The third kappa shape index (κ3) is 3.35. The third-order valence-corrected chi connectivity index (χ3v) is 2.55. The highest BCUT2D eigenvalue weighted by Gasteiger charge is 2.24. The van der Waals surface area contributed by atoms with Gasteiger partial charge in [0.15, 0.2) is 0 Å². The Bertz CT molecular complexity index is 168. The first kappa shape index (κ1) is 10.5. The second kappa shape index (κ2) is 5.22. The zero-order valence-electron chi connectivity index (χ0n) is 8.41. The number of hydrogen-bond acceptors (Lipinski definition) is 3. The molecule has 0 aromatic heterocycles. The number of carbonyl (C=O) groups is 1. The van der Waals surface area contributed by atoms with E-state index in [2.05, 4.69) is 6.92 Å². The first-order valence-electron chi connectivity index (χ1n) is 4.97. The summed E-state index contributed by atoms with van der Waals surface area (Å²) in [6.07, 6.45) is 1.54. The summed E-state index contributed by atoms with van der Waals surface area (Å²) in [5, 5.41) is 0. The lowest BCUT2D eigenvalue weighted by atomic mass is 9.87. The van der Waals surface area contributed by atoms with E-state index in [1.165, 1.54) is 0 Å². The molecular formula is C10H18O3. The highest BCUT2D eigenvalue weighted by Crippen LogP contribution is 2.24. The van der Waals surface area contributed by atoms with Crippen molar-refractivity contribution in [2.24, 2.45) is 11.8 Å². The number of carbonyl (C=O) groups excluding carboxylic acids is 1. The molecule has 0 amide bonds. The van der Waals surface area contributed by atoms with Crippen molar-refractivity contribution in [2.75, 3.05) is 19.8 Å². The molecule has 3 heteroatoms. The molecule has 0 N–H and O–H groups in total. The standard InChI is InChI=1S/C10H18O3/c1-3-13-10(11)6-9-4-5-12-7-8(9)2/h8-9H,3-7H2,1-2H3. The van der Waals surface area contributed by atoms with E-state index in [9.17, 15) is 4.79 Å². The molecule has 1 saturated heterocycles. The van der Waals surface area contributed by atoms with Crippen LogP contribution in [0.2, 0.25) is 0 Å². The topological polar surface area (TPSA) is 35.5 Å². The Labute approximate surface area is 79.4 Å². The van der Waals surface area contributed by atoms with Gasteiger partial charge in [-0.05, 0) is 25.2 Å². The molecule has 0 aliphatic carbocycles. The molecule has 3 nitrogen and oxygen atoms in total. The van der Waals surface area contributed by atoms with Gasteiger partial charge in [-0.3, -0.25) is 4.79 Å². The maximum atomic E-state index is 11.2. The molecule has 1 aliphatic rings. The van der Waals surface area contributed by atoms with Crippen molar-refractivity contribution in [2.45, 2.75) is 26.7 Å². The number of rotatable bonds is 3. The van der Waals surface area contributed by atoms with E-state index in [4.69, 9.17) is 9.47 Å². The Morgan fingerprint density at radius 3 is 3.00 bits per heavy atom. The summed E-state index contributed by atoms with van der Waals surface area (Å²) in [6.45, 7) is 6.02. The van der Waals surface area contributed by atoms with Gasteiger partial charge < -0.3 is 9.47 Å². The van der Waals surface area contributed by atoms with Gasteiger partial charge in [0.25, 0.3) is 0 Å². The lowest BCUT2D eigenvalue weighted by Gasteiger charge is -2.27. The molecule has 0 aromatic carbocycles. The van der Waals surface area contributed by atoms with Gasteiger partial charge in [0.1, 0.15) is 0 Å². The minimum Gasteiger partial charge on any atom is -0.466 e. The lowest BCUT2D eigenvalue weighted by molar-refractivity contribution is -0.145. The zero-order chi connectivity index (χ0) is 9.68. The molecule has 0 aromatic rings. The van der Waals surface area contributed by atoms with Gasteiger partial charge in [-0.2, -0.15) is 0 Å². The summed E-state index contributed by atoms with van der Waals surface area (Å²) in [4.78, 5) is 11.2. The Balaban J connectivity index is 2.29. The first-order chi connectivity index (χ1) is 6.24. The molecule has 13 heavy (non-hydrogen) atoms. The lowest BCUT2D eigenvalue weighted by Crippen LogP contribution is -2.27. The van der Waals surface area contributed by atoms with Crippen LogP contribution in [0.4, 0.5) is 0 Å². The van der Waals surface area contributed by atoms with Crippen molar-refractivity contribution < 1.29 is 14.3 Å². The predicted octanol–water partition coefficient (Wildman–Crippen LogP) is 1.61. The largest absolute Gasteiger partial charge is 0.466 e. The Kier molecular flexibility index (Phi) is 4.22. The van der Waals surface area contributed by atoms with E-state index in [1.54, 1.807) is 0 Å². The molecule has 1 heterocycles. The molecule has 0 bridgehead atoms. The summed E-state index contributed by atoms with van der Waals surface area (Å²) < 4.78 is 10.2. The predicted molar refractivity (Wildman–Crippen MR) is 49.3 cm³/mol. The SMILES string of the molecule is CCOC(=O)CC1CCOCC1C. The average Bonchev–Trinajstić information content (AvgIpc) is 2.09. The van der Waals surface area contributed by atoms with E-state index in [0.29, 0.717) is 24.9 Å². The van der Waals surface area contributed by atoms with Crippen LogP contribution in [-0.4, -0.2) is 25.8 Å². The van der Waals surface area contributed by atoms with Crippen molar-refractivity contribution in [1.82, 2.24) is 0 Å². The van der Waals surface area contributed by atoms with Crippen molar-refractivity contribution in [1.29, 1.82) is 0 Å². The molecule has 1 aliphatic heterocycles. The summed E-state index contributed by atoms with van der Waals surface area (Å²) in [5.41, 5.74) is 0. The van der Waals surface area contributed by atoms with E-state index in [1.807, 2.05) is 6.92 Å². The average molecular weight is 186 g/mol. The molecular weight excluding hydrogens is 168 g/mol. The van der Waals surface area contributed by atoms with E-state index < -0.39 is 0 Å². The normalized spacial score (nSPS) is 28.5. The van der Waals surface area contributed by atoms with Gasteiger partial charge in [0.05, 0.1) is 6.61 Å². The van der Waals surface area contributed by atoms with Crippen LogP contribution in [0, 0.1) is 11.8 Å². The zero-order valence-corrected chi connectivity index (χ0v) is 8.41. The fourth-order valence-electron chi connectivity index (χ4n) is 1.66. The maximum Gasteiger partial charge on any atom is 0.306 e. The molecule has 0 spiro atoms. The Morgan fingerprint density at radius 1 is 1.62 bits per heavy atom. The summed E-state index contributed by atoms with van der Waals surface area (Å²) in [5.74, 6) is 0.868. The minimum atomic E-state index is -0.0683. The second-order valence-electron chi connectivity index (χ2n) is 3.61. The smallest absolute Gasteiger partial charge is 0.306 e. The fourth-order valence-corrected chi connectivity index (χ4v) is 1.66. The van der Waals surface area contributed by atoms with Crippen LogP contribution in [0.25, 0.3) is 0 Å². The molecule has 0 radical (unpaired) electrons. The van der Waals surface area contributed by atoms with Gasteiger partial charge in [-0.25, -0.2) is 0 Å². The van der Waals surface area contributed by atoms with Gasteiger partial charge >= 0.3 is 5.97 Å². The van der Waals surface area contributed by atoms with Crippen molar-refractivity contribution >= 4 is 5.97 Å². The second-order valence-corrected chi connectivity index (χ2v) is 3.61. The summed E-state index contributed by atoms with van der Waals surface area (Å²) >= 11 is 0. The van der Waals surface area contributed by atoms with Crippen LogP contribution in [0.3, 0.4) is 0 Å². The molecule has 2 unspecified atom stereocenters. The number of ether oxygens (including phenoxy) is 2. The van der Waals surface area contributed by atoms with Crippen LogP contribution in [0.15, 0.2) is 0 Å². The highest BCUT2D eigenvalue weighted by molar-refractivity contribution is 5.69. The van der Waals surface area contributed by atoms with Crippen LogP contribution < -0.4 is 0 Å². The van der Waals surface area contributed by atoms with Gasteiger partial charge in [-0.1, -0.05) is 6.92 Å². The van der Waals surface area contributed by atoms with Crippen LogP contribution >= 0.6 is 0 Å². The third-order valence-electron chi connectivity index (χ3n) is 2.55. The fraction of sp³-hybridized carbons (Fsp3) is 0.900. The number of hydrogen-bond donors (Lipinski definition) is 0. The van der Waals surface area contributed by atoms with Crippen LogP contribution in [0.1, 0.15) is 26.7 Å². The maximum absolute atomic E-state index is 11.2. The highest BCUT2D eigenvalue weighted by atomic mass is 16.5. The Morgan fingerprint density at radius 2 is 2.38 bits per heavy atom. The van der Waals surface area contributed by atoms with E-state index in [-0.39, 0.29) is 5.97 Å². The summed E-state index contributed by atoms with van der Waals surface area (Å²) in [7, 11) is 0. The van der Waals surface area contributed by atoms with Crippen LogP contribution in [-0.2, 0) is 14.3 Å². The van der Waals surface area contributed by atoms with Gasteiger partial charge in [-0.15, -0.1) is 0 Å². The molecule has 0 saturated carbocycles. The van der Waals surface area contributed by atoms with Crippen LogP contribution in [0.5, 0.6) is 0 Å². The van der Waals surface area contributed by atoms with Crippen molar-refractivity contribution in [3.63, 3.8) is 0 Å². The molecule has 1 fully saturated rings. The van der Waals surface area contributed by atoms with E-state index in [0.717, 1.165) is 19.6 Å². The number of esters is 1. The molecule has 1 rings (SSSR count). The Hall–Kier alpha value is -0.570.